The maximum Gasteiger partial charge on any atom is 0.271 e. The molecule has 0 amide bonds. The number of fused-ring (bicyclic) bond motifs is 1. The number of nitrogens with two attached hydrogens (primary N) is 1. The predicted molar refractivity (Wildman–Crippen MR) is 118 cm³/mol. The van der Waals surface area contributed by atoms with Gasteiger partial charge < -0.3 is 15.2 Å². The first-order valence-corrected chi connectivity index (χ1v) is 10.5. The van der Waals surface area contributed by atoms with Crippen LogP contribution >= 0.6 is 0 Å². The predicted octanol–water partition coefficient (Wildman–Crippen LogP) is 3.94. The van der Waals surface area contributed by atoms with Crippen LogP contribution in [0, 0.1) is 28.4 Å². The number of nitro benzene ring substituents is 1. The number of benzene rings is 2. The van der Waals surface area contributed by atoms with Crippen LogP contribution in [0.25, 0.3) is 0 Å². The SMILES string of the molecule is Cc1ccc([N+](=O)[O-])cc1N1C(N)=C(C#N)[C@@H](c2ccc3c(c2)OCO3)C2=C1CCCC2=O. The molecule has 9 nitrogen and oxygen atoms in total. The van der Waals surface area contributed by atoms with Gasteiger partial charge in [0.25, 0.3) is 5.69 Å². The largest absolute Gasteiger partial charge is 0.454 e. The maximum absolute atomic E-state index is 13.2. The van der Waals surface area contributed by atoms with Crippen LogP contribution in [0.3, 0.4) is 0 Å². The van der Waals surface area contributed by atoms with Gasteiger partial charge >= 0.3 is 0 Å². The highest BCUT2D eigenvalue weighted by Crippen LogP contribution is 2.48. The van der Waals surface area contributed by atoms with Crippen molar-refractivity contribution in [3.63, 3.8) is 0 Å². The second-order valence-corrected chi connectivity index (χ2v) is 8.16. The minimum absolute atomic E-state index is 0.0627. The van der Waals surface area contributed by atoms with Crippen LogP contribution < -0.4 is 20.1 Å². The number of Topliss-reactive ketones (excluding diaryl/α,β-unsaturated/α-hetero) is 1. The summed E-state index contributed by atoms with van der Waals surface area (Å²) in [5.41, 5.74) is 9.80. The van der Waals surface area contributed by atoms with Crippen molar-refractivity contribution in [2.24, 2.45) is 5.73 Å². The lowest BCUT2D eigenvalue weighted by Gasteiger charge is -2.40. The van der Waals surface area contributed by atoms with Crippen molar-refractivity contribution in [3.8, 4) is 17.6 Å². The Kier molecular flexibility index (Phi) is 4.78. The van der Waals surface area contributed by atoms with Gasteiger partial charge in [0.15, 0.2) is 17.3 Å². The van der Waals surface area contributed by atoms with Gasteiger partial charge in [-0.3, -0.25) is 19.8 Å². The van der Waals surface area contributed by atoms with E-state index in [1.807, 2.05) is 13.0 Å². The summed E-state index contributed by atoms with van der Waals surface area (Å²) in [6, 6.07) is 12.0. The molecule has 2 aromatic carbocycles. The number of aryl methyl sites for hydroxylation is 1. The van der Waals surface area contributed by atoms with E-state index in [2.05, 4.69) is 6.07 Å². The Morgan fingerprint density at radius 3 is 2.73 bits per heavy atom. The van der Waals surface area contributed by atoms with Gasteiger partial charge in [0.2, 0.25) is 6.79 Å². The Bertz CT molecular complexity index is 1320. The van der Waals surface area contributed by atoms with Crippen LogP contribution in [0.4, 0.5) is 11.4 Å². The molecule has 0 saturated carbocycles. The zero-order valence-corrected chi connectivity index (χ0v) is 17.8. The lowest BCUT2D eigenvalue weighted by Crippen LogP contribution is -2.39. The second-order valence-electron chi connectivity index (χ2n) is 8.16. The first kappa shape index (κ1) is 20.6. The number of anilines is 1. The van der Waals surface area contributed by atoms with E-state index >= 15 is 0 Å². The Hall–Kier alpha value is -4.32. The number of non-ortho nitro benzene ring substituents is 1. The summed E-state index contributed by atoms with van der Waals surface area (Å²) >= 11 is 0. The molecule has 166 valence electrons. The van der Waals surface area contributed by atoms with Gasteiger partial charge in [0, 0.05) is 29.8 Å². The molecule has 9 heteroatoms. The minimum Gasteiger partial charge on any atom is -0.454 e. The summed E-state index contributed by atoms with van der Waals surface area (Å²) in [6.45, 7) is 1.92. The number of nitro groups is 1. The molecule has 0 aromatic heterocycles. The van der Waals surface area contributed by atoms with E-state index in [0.717, 1.165) is 5.56 Å². The molecule has 0 spiro atoms. The number of ether oxygens (including phenoxy) is 2. The van der Waals surface area contributed by atoms with Gasteiger partial charge in [-0.15, -0.1) is 0 Å². The fourth-order valence-electron chi connectivity index (χ4n) is 4.74. The van der Waals surface area contributed by atoms with E-state index in [9.17, 15) is 20.2 Å². The van der Waals surface area contributed by atoms with Crippen molar-refractivity contribution in [2.75, 3.05) is 11.7 Å². The number of allylic oxidation sites excluding steroid dienone is 3. The fraction of sp³-hybridized carbons (Fsp3) is 0.250. The first-order valence-electron chi connectivity index (χ1n) is 10.5. The highest BCUT2D eigenvalue weighted by molar-refractivity contribution is 6.01. The van der Waals surface area contributed by atoms with Gasteiger partial charge in [-0.25, -0.2) is 0 Å². The zero-order chi connectivity index (χ0) is 23.3. The van der Waals surface area contributed by atoms with E-state index < -0.39 is 10.8 Å². The van der Waals surface area contributed by atoms with Crippen LogP contribution in [-0.4, -0.2) is 17.5 Å². The van der Waals surface area contributed by atoms with Crippen molar-refractivity contribution < 1.29 is 19.2 Å². The van der Waals surface area contributed by atoms with Crippen LogP contribution in [0.15, 0.2) is 59.1 Å². The van der Waals surface area contributed by atoms with E-state index in [1.54, 1.807) is 23.1 Å². The number of nitriles is 1. The molecule has 0 bridgehead atoms. The Morgan fingerprint density at radius 1 is 1.18 bits per heavy atom. The summed E-state index contributed by atoms with van der Waals surface area (Å²) in [5.74, 6) is 0.598. The number of hydrogen-bond donors (Lipinski definition) is 1. The normalized spacial score (nSPS) is 19.5. The number of hydrogen-bond acceptors (Lipinski definition) is 8. The molecule has 2 aromatic rings. The minimum atomic E-state index is -0.650. The van der Waals surface area contributed by atoms with Gasteiger partial charge in [0.05, 0.1) is 28.2 Å². The molecule has 2 aliphatic heterocycles. The molecule has 1 aliphatic carbocycles. The number of ketones is 1. The standard InChI is InChI=1S/C24H20N4O5/c1-13-5-7-15(28(30)31)10-18(13)27-17-3-2-4-19(29)23(17)22(16(11-25)24(27)26)14-6-8-20-21(9-14)33-12-32-20/h5-10,22H,2-4,12,26H2,1H3/t22-/m1/s1. The van der Waals surface area contributed by atoms with Crippen LogP contribution in [0.5, 0.6) is 11.5 Å². The van der Waals surface area contributed by atoms with E-state index in [0.29, 0.717) is 53.3 Å². The molecule has 2 heterocycles. The highest BCUT2D eigenvalue weighted by Gasteiger charge is 2.41. The molecular formula is C24H20N4O5. The molecular weight excluding hydrogens is 424 g/mol. The smallest absolute Gasteiger partial charge is 0.271 e. The van der Waals surface area contributed by atoms with Crippen molar-refractivity contribution >= 4 is 17.2 Å². The van der Waals surface area contributed by atoms with Crippen LogP contribution in [0.2, 0.25) is 0 Å². The zero-order valence-electron chi connectivity index (χ0n) is 17.8. The Morgan fingerprint density at radius 2 is 1.97 bits per heavy atom. The van der Waals surface area contributed by atoms with Gasteiger partial charge in [0.1, 0.15) is 5.82 Å². The maximum atomic E-state index is 13.2. The van der Waals surface area contributed by atoms with Crippen LogP contribution in [-0.2, 0) is 4.79 Å². The third-order valence-electron chi connectivity index (χ3n) is 6.29. The van der Waals surface area contributed by atoms with Crippen molar-refractivity contribution in [1.29, 1.82) is 5.26 Å². The first-order chi connectivity index (χ1) is 15.9. The van der Waals surface area contributed by atoms with E-state index in [4.69, 9.17) is 15.2 Å². The van der Waals surface area contributed by atoms with Gasteiger partial charge in [-0.05, 0) is 43.0 Å². The summed E-state index contributed by atoms with van der Waals surface area (Å²) in [6.07, 6.45) is 1.55. The fourth-order valence-corrected chi connectivity index (χ4v) is 4.74. The third kappa shape index (κ3) is 3.19. The molecule has 0 saturated heterocycles. The van der Waals surface area contributed by atoms with E-state index in [1.165, 1.54) is 12.1 Å². The average molecular weight is 444 g/mol. The lowest BCUT2D eigenvalue weighted by molar-refractivity contribution is -0.384. The van der Waals surface area contributed by atoms with Crippen molar-refractivity contribution in [1.82, 2.24) is 0 Å². The molecule has 0 unspecified atom stereocenters. The lowest BCUT2D eigenvalue weighted by atomic mass is 9.75. The summed E-state index contributed by atoms with van der Waals surface area (Å²) in [4.78, 5) is 25.8. The average Bonchev–Trinajstić information content (AvgIpc) is 3.27. The van der Waals surface area contributed by atoms with E-state index in [-0.39, 0.29) is 29.7 Å². The number of carbonyl (C=O) groups excluding carboxylic acids is 1. The summed E-state index contributed by atoms with van der Waals surface area (Å²) in [7, 11) is 0. The Labute approximate surface area is 189 Å². The second kappa shape index (κ2) is 7.67. The molecule has 33 heavy (non-hydrogen) atoms. The Balaban J connectivity index is 1.74. The molecule has 0 radical (unpaired) electrons. The van der Waals surface area contributed by atoms with Gasteiger partial charge in [-0.1, -0.05) is 12.1 Å². The molecule has 0 fully saturated rings. The monoisotopic (exact) mass is 444 g/mol. The number of nitrogens with zero attached hydrogens (tertiary/aromatic N) is 3. The van der Waals surface area contributed by atoms with Gasteiger partial charge in [-0.2, -0.15) is 5.26 Å². The number of carbonyl (C=O) groups is 1. The molecule has 3 aliphatic rings. The summed E-state index contributed by atoms with van der Waals surface area (Å²) in [5, 5.41) is 21.5. The topological polar surface area (TPSA) is 132 Å². The third-order valence-corrected chi connectivity index (χ3v) is 6.29. The molecule has 2 N–H and O–H groups in total. The van der Waals surface area contributed by atoms with Crippen LogP contribution in [0.1, 0.15) is 36.3 Å². The van der Waals surface area contributed by atoms with Crippen molar-refractivity contribution in [3.05, 3.63) is 80.3 Å². The summed E-state index contributed by atoms with van der Waals surface area (Å²) < 4.78 is 10.9. The quantitative estimate of drug-likeness (QED) is 0.556. The molecule has 5 rings (SSSR count). The number of rotatable bonds is 3. The van der Waals surface area contributed by atoms with Crippen molar-refractivity contribution in [2.45, 2.75) is 32.1 Å². The highest BCUT2D eigenvalue weighted by atomic mass is 16.7. The molecule has 1 atom stereocenters.